The van der Waals surface area contributed by atoms with Crippen LogP contribution in [-0.4, -0.2) is 18.0 Å². The fraction of sp³-hybridized carbons (Fsp3) is 0.0455. The lowest BCUT2D eigenvalue weighted by Gasteiger charge is -2.07. The average Bonchev–Trinajstić information content (AvgIpc) is 2.75. The number of anilines is 1. The number of rotatable bonds is 6. The van der Waals surface area contributed by atoms with Gasteiger partial charge in [-0.1, -0.05) is 46.3 Å². The van der Waals surface area contributed by atoms with E-state index in [2.05, 4.69) is 31.8 Å². The van der Waals surface area contributed by atoms with E-state index in [1.54, 1.807) is 66.7 Å². The van der Waals surface area contributed by atoms with Crippen LogP contribution in [0.3, 0.4) is 0 Å². The van der Waals surface area contributed by atoms with E-state index in [0.717, 1.165) is 4.47 Å². The van der Waals surface area contributed by atoms with E-state index >= 15 is 0 Å². The van der Waals surface area contributed by atoms with Gasteiger partial charge < -0.3 is 10.1 Å². The molecule has 0 aliphatic carbocycles. The number of nitrogens with one attached hydrogen (secondary N) is 2. The quantitative estimate of drug-likeness (QED) is 0.321. The number of hydrogen-bond acceptors (Lipinski definition) is 4. The molecule has 0 spiro atoms. The second-order valence-electron chi connectivity index (χ2n) is 6.11. The Morgan fingerprint density at radius 3 is 2.53 bits per heavy atom. The van der Waals surface area contributed by atoms with Crippen LogP contribution >= 0.6 is 15.9 Å². The van der Waals surface area contributed by atoms with Gasteiger partial charge in [0.1, 0.15) is 18.2 Å². The molecule has 0 saturated heterocycles. The highest BCUT2D eigenvalue weighted by Crippen LogP contribution is 2.16. The van der Waals surface area contributed by atoms with Crippen LogP contribution in [0.2, 0.25) is 0 Å². The van der Waals surface area contributed by atoms with E-state index in [1.165, 1.54) is 12.3 Å². The van der Waals surface area contributed by atoms with Crippen LogP contribution in [0.15, 0.2) is 82.4 Å². The summed E-state index contributed by atoms with van der Waals surface area (Å²) in [4.78, 5) is 23.7. The molecule has 3 aromatic rings. The normalized spacial score (nSPS) is 10.6. The SMILES string of the molecule is O=C(N/N=C/c1cccc(OCc2ccccc2F)c1)C(=O)Nc1ccc(Br)cc1. The minimum absolute atomic E-state index is 0.0836. The van der Waals surface area contributed by atoms with E-state index in [4.69, 9.17) is 4.74 Å². The maximum atomic E-state index is 13.7. The zero-order valence-corrected chi connectivity index (χ0v) is 17.2. The van der Waals surface area contributed by atoms with Gasteiger partial charge in [0, 0.05) is 15.7 Å². The molecule has 0 fully saturated rings. The first-order valence-corrected chi connectivity index (χ1v) is 9.67. The van der Waals surface area contributed by atoms with Gasteiger partial charge >= 0.3 is 11.8 Å². The van der Waals surface area contributed by atoms with Crippen LogP contribution in [0.25, 0.3) is 0 Å². The molecule has 3 aromatic carbocycles. The van der Waals surface area contributed by atoms with Gasteiger partial charge in [0.15, 0.2) is 0 Å². The summed E-state index contributed by atoms with van der Waals surface area (Å²) in [5, 5.41) is 6.25. The summed E-state index contributed by atoms with van der Waals surface area (Å²) in [5.41, 5.74) is 3.73. The van der Waals surface area contributed by atoms with Gasteiger partial charge in [-0.2, -0.15) is 5.10 Å². The Kier molecular flexibility index (Phi) is 7.29. The molecule has 2 amide bonds. The van der Waals surface area contributed by atoms with Crippen LogP contribution in [-0.2, 0) is 16.2 Å². The lowest BCUT2D eigenvalue weighted by atomic mass is 10.2. The molecule has 6 nitrogen and oxygen atoms in total. The predicted molar refractivity (Wildman–Crippen MR) is 116 cm³/mol. The van der Waals surface area contributed by atoms with Gasteiger partial charge in [-0.3, -0.25) is 9.59 Å². The van der Waals surface area contributed by atoms with Crippen molar-refractivity contribution in [2.75, 3.05) is 5.32 Å². The lowest BCUT2D eigenvalue weighted by Crippen LogP contribution is -2.32. The van der Waals surface area contributed by atoms with Crippen molar-refractivity contribution in [1.82, 2.24) is 5.43 Å². The molecular weight excluding hydrogens is 453 g/mol. The number of ether oxygens (including phenoxy) is 1. The van der Waals surface area contributed by atoms with Gasteiger partial charge in [0.25, 0.3) is 0 Å². The number of amides is 2. The Hall–Kier alpha value is -3.52. The van der Waals surface area contributed by atoms with Gasteiger partial charge in [-0.05, 0) is 48.0 Å². The second-order valence-corrected chi connectivity index (χ2v) is 7.03. The van der Waals surface area contributed by atoms with Gasteiger partial charge in [0.05, 0.1) is 6.21 Å². The first-order valence-electron chi connectivity index (χ1n) is 8.87. The molecule has 3 rings (SSSR count). The van der Waals surface area contributed by atoms with Crippen LogP contribution in [0.5, 0.6) is 5.75 Å². The van der Waals surface area contributed by atoms with Gasteiger partial charge in [0.2, 0.25) is 0 Å². The predicted octanol–water partition coefficient (Wildman–Crippen LogP) is 4.26. The van der Waals surface area contributed by atoms with E-state index in [0.29, 0.717) is 22.6 Å². The Morgan fingerprint density at radius 1 is 1.00 bits per heavy atom. The van der Waals surface area contributed by atoms with Gasteiger partial charge in [-0.15, -0.1) is 0 Å². The van der Waals surface area contributed by atoms with Crippen LogP contribution < -0.4 is 15.5 Å². The zero-order chi connectivity index (χ0) is 21.3. The molecular formula is C22H17BrFN3O3. The summed E-state index contributed by atoms with van der Waals surface area (Å²) in [6, 6.07) is 20.1. The molecule has 0 radical (unpaired) electrons. The topological polar surface area (TPSA) is 79.8 Å². The van der Waals surface area contributed by atoms with Crippen molar-refractivity contribution in [3.63, 3.8) is 0 Å². The number of hydrogen-bond donors (Lipinski definition) is 2. The molecule has 0 aliphatic heterocycles. The highest BCUT2D eigenvalue weighted by atomic mass is 79.9. The van der Waals surface area contributed by atoms with Crippen LogP contribution in [0, 0.1) is 5.82 Å². The minimum atomic E-state index is -0.902. The summed E-state index contributed by atoms with van der Waals surface area (Å²) in [7, 11) is 0. The smallest absolute Gasteiger partial charge is 0.329 e. The summed E-state index contributed by atoms with van der Waals surface area (Å²) in [6.07, 6.45) is 1.38. The first-order chi connectivity index (χ1) is 14.5. The van der Waals surface area contributed by atoms with Gasteiger partial charge in [-0.25, -0.2) is 9.82 Å². The molecule has 152 valence electrons. The number of benzene rings is 3. The third-order valence-corrected chi connectivity index (χ3v) is 4.43. The van der Waals surface area contributed by atoms with Crippen molar-refractivity contribution < 1.29 is 18.7 Å². The summed E-state index contributed by atoms with van der Waals surface area (Å²) < 4.78 is 20.1. The lowest BCUT2D eigenvalue weighted by molar-refractivity contribution is -0.136. The third-order valence-electron chi connectivity index (χ3n) is 3.90. The molecule has 0 saturated carbocycles. The van der Waals surface area contributed by atoms with Crippen molar-refractivity contribution in [1.29, 1.82) is 0 Å². The molecule has 0 aliphatic rings. The number of carbonyl (C=O) groups is 2. The van der Waals surface area contributed by atoms with E-state index in [1.807, 2.05) is 0 Å². The van der Waals surface area contributed by atoms with E-state index in [9.17, 15) is 14.0 Å². The third kappa shape index (κ3) is 6.25. The summed E-state index contributed by atoms with van der Waals surface area (Å²) in [5.74, 6) is -1.56. The zero-order valence-electron chi connectivity index (χ0n) is 15.6. The minimum Gasteiger partial charge on any atom is -0.489 e. The average molecular weight is 470 g/mol. The Morgan fingerprint density at radius 2 is 1.77 bits per heavy atom. The number of halogens is 2. The van der Waals surface area contributed by atoms with Crippen molar-refractivity contribution >= 4 is 39.6 Å². The Balaban J connectivity index is 1.52. The molecule has 30 heavy (non-hydrogen) atoms. The van der Waals surface area contributed by atoms with Crippen molar-refractivity contribution in [2.45, 2.75) is 6.61 Å². The molecule has 8 heteroatoms. The molecule has 0 aromatic heterocycles. The Labute approximate surface area is 180 Å². The van der Waals surface area contributed by atoms with E-state index < -0.39 is 11.8 Å². The monoisotopic (exact) mass is 469 g/mol. The van der Waals surface area contributed by atoms with Crippen molar-refractivity contribution in [2.24, 2.45) is 5.10 Å². The fourth-order valence-electron chi connectivity index (χ4n) is 2.40. The number of carbonyl (C=O) groups excluding carboxylic acids is 2. The first kappa shape index (κ1) is 21.2. The van der Waals surface area contributed by atoms with Crippen molar-refractivity contribution in [3.8, 4) is 5.75 Å². The molecule has 0 unspecified atom stereocenters. The number of hydrazone groups is 1. The summed E-state index contributed by atoms with van der Waals surface area (Å²) >= 11 is 3.29. The molecule has 2 N–H and O–H groups in total. The second kappa shape index (κ2) is 10.3. The van der Waals surface area contributed by atoms with E-state index in [-0.39, 0.29) is 12.4 Å². The highest BCUT2D eigenvalue weighted by molar-refractivity contribution is 9.10. The standard InChI is InChI=1S/C22H17BrFN3O3/c23-17-8-10-18(11-9-17)26-21(28)22(29)27-25-13-15-4-3-6-19(12-15)30-14-16-5-1-2-7-20(16)24/h1-13H,14H2,(H,26,28)(H,27,29)/b25-13+. The van der Waals surface area contributed by atoms with Crippen LogP contribution in [0.4, 0.5) is 10.1 Å². The number of nitrogens with zero attached hydrogens (tertiary/aromatic N) is 1. The van der Waals surface area contributed by atoms with Crippen molar-refractivity contribution in [3.05, 3.63) is 94.2 Å². The summed E-state index contributed by atoms with van der Waals surface area (Å²) in [6.45, 7) is 0.0836. The maximum absolute atomic E-state index is 13.7. The molecule has 0 bridgehead atoms. The maximum Gasteiger partial charge on any atom is 0.329 e. The molecule has 0 heterocycles. The fourth-order valence-corrected chi connectivity index (χ4v) is 2.66. The van der Waals surface area contributed by atoms with Crippen LogP contribution in [0.1, 0.15) is 11.1 Å². The largest absolute Gasteiger partial charge is 0.489 e. The molecule has 0 atom stereocenters. The Bertz CT molecular complexity index is 1070. The highest BCUT2D eigenvalue weighted by Gasteiger charge is 2.12.